The van der Waals surface area contributed by atoms with Gasteiger partial charge >= 0.3 is 0 Å². The van der Waals surface area contributed by atoms with Gasteiger partial charge in [0.2, 0.25) is 0 Å². The Labute approximate surface area is 154 Å². The molecule has 26 heavy (non-hydrogen) atoms. The average molecular weight is 356 g/mol. The fraction of sp³-hybridized carbons (Fsp3) is 0.571. The van der Waals surface area contributed by atoms with Crippen LogP contribution in [0, 0.1) is 5.41 Å². The first-order chi connectivity index (χ1) is 12.5. The van der Waals surface area contributed by atoms with Crippen LogP contribution in [0.1, 0.15) is 49.9 Å². The van der Waals surface area contributed by atoms with Crippen LogP contribution >= 0.6 is 0 Å². The van der Waals surface area contributed by atoms with Crippen molar-refractivity contribution in [2.45, 2.75) is 45.6 Å². The number of fused-ring (bicyclic) bond motifs is 1. The lowest BCUT2D eigenvalue weighted by Gasteiger charge is -2.23. The first kappa shape index (κ1) is 17.4. The van der Waals surface area contributed by atoms with Crippen molar-refractivity contribution in [3.8, 4) is 5.75 Å². The van der Waals surface area contributed by atoms with Crippen LogP contribution in [0.3, 0.4) is 0 Å². The number of nitrogens with zero attached hydrogens (tertiary/aromatic N) is 1. The minimum atomic E-state index is -0.0513. The van der Waals surface area contributed by atoms with E-state index in [-0.39, 0.29) is 17.4 Å². The van der Waals surface area contributed by atoms with E-state index in [1.54, 1.807) is 12.3 Å². The van der Waals surface area contributed by atoms with Crippen LogP contribution < -0.4 is 10.1 Å². The Hall–Kier alpha value is -2.01. The molecule has 2 aromatic rings. The SMILES string of the molecule is CC(C)Oc1cc(C(=O)NCC2(CN3CCCC3)CC2)cc2occc12. The number of amides is 1. The van der Waals surface area contributed by atoms with Gasteiger partial charge in [0.1, 0.15) is 11.3 Å². The lowest BCUT2D eigenvalue weighted by molar-refractivity contribution is 0.0939. The zero-order valence-electron chi connectivity index (χ0n) is 15.7. The monoisotopic (exact) mass is 356 g/mol. The number of rotatable bonds is 7. The molecule has 1 amide bonds. The van der Waals surface area contributed by atoms with Gasteiger partial charge in [0.25, 0.3) is 5.91 Å². The summed E-state index contributed by atoms with van der Waals surface area (Å²) in [6.07, 6.45) is 6.72. The van der Waals surface area contributed by atoms with E-state index in [0.717, 1.165) is 18.5 Å². The highest BCUT2D eigenvalue weighted by Crippen LogP contribution is 2.46. The topological polar surface area (TPSA) is 54.7 Å². The van der Waals surface area contributed by atoms with Gasteiger partial charge < -0.3 is 19.4 Å². The van der Waals surface area contributed by atoms with Gasteiger partial charge in [-0.1, -0.05) is 0 Å². The molecule has 0 spiro atoms. The standard InChI is InChI=1S/C21H28N2O3/c1-15(2)26-19-12-16(11-18-17(19)5-10-25-18)20(24)22-13-21(6-7-21)14-23-8-3-4-9-23/h5,10-12,15H,3-4,6-9,13-14H2,1-2H3,(H,22,24). The third kappa shape index (κ3) is 3.73. The summed E-state index contributed by atoms with van der Waals surface area (Å²) < 4.78 is 11.4. The van der Waals surface area contributed by atoms with Gasteiger partial charge in [-0.2, -0.15) is 0 Å². The largest absolute Gasteiger partial charge is 0.490 e. The molecule has 2 fully saturated rings. The second-order valence-electron chi connectivity index (χ2n) is 8.14. The van der Waals surface area contributed by atoms with E-state index in [9.17, 15) is 4.79 Å². The molecule has 2 heterocycles. The zero-order chi connectivity index (χ0) is 18.1. The summed E-state index contributed by atoms with van der Waals surface area (Å²) in [5.74, 6) is 0.652. The maximum atomic E-state index is 12.7. The number of nitrogens with one attached hydrogen (secondary N) is 1. The summed E-state index contributed by atoms with van der Waals surface area (Å²) in [5.41, 5.74) is 1.57. The maximum Gasteiger partial charge on any atom is 0.251 e. The van der Waals surface area contributed by atoms with Crippen LogP contribution in [0.25, 0.3) is 11.0 Å². The Morgan fingerprint density at radius 3 is 2.77 bits per heavy atom. The molecule has 0 unspecified atom stereocenters. The van der Waals surface area contributed by atoms with Crippen LogP contribution in [0.5, 0.6) is 5.75 Å². The molecular weight excluding hydrogens is 328 g/mol. The van der Waals surface area contributed by atoms with Crippen LogP contribution in [0.2, 0.25) is 0 Å². The lowest BCUT2D eigenvalue weighted by atomic mass is 10.1. The summed E-state index contributed by atoms with van der Waals surface area (Å²) in [7, 11) is 0. The van der Waals surface area contributed by atoms with Gasteiger partial charge in [-0.25, -0.2) is 0 Å². The van der Waals surface area contributed by atoms with Crippen LogP contribution in [0.4, 0.5) is 0 Å². The fourth-order valence-corrected chi connectivity index (χ4v) is 3.87. The quantitative estimate of drug-likeness (QED) is 0.819. The predicted octanol–water partition coefficient (Wildman–Crippen LogP) is 3.83. The summed E-state index contributed by atoms with van der Waals surface area (Å²) >= 11 is 0. The van der Waals surface area contributed by atoms with E-state index in [1.807, 2.05) is 26.0 Å². The Kier molecular flexibility index (Phi) is 4.65. The minimum Gasteiger partial charge on any atom is -0.490 e. The van der Waals surface area contributed by atoms with Crippen molar-refractivity contribution in [1.82, 2.24) is 10.2 Å². The summed E-state index contributed by atoms with van der Waals surface area (Å²) in [6.45, 7) is 8.24. The van der Waals surface area contributed by atoms with E-state index in [2.05, 4.69) is 10.2 Å². The number of benzene rings is 1. The van der Waals surface area contributed by atoms with Gasteiger partial charge in [0.05, 0.1) is 17.8 Å². The van der Waals surface area contributed by atoms with E-state index in [1.165, 1.54) is 38.8 Å². The van der Waals surface area contributed by atoms with E-state index in [0.29, 0.717) is 16.9 Å². The molecule has 1 saturated carbocycles. The van der Waals surface area contributed by atoms with Gasteiger partial charge in [0, 0.05) is 24.1 Å². The third-order valence-corrected chi connectivity index (χ3v) is 5.50. The second-order valence-corrected chi connectivity index (χ2v) is 8.14. The Morgan fingerprint density at radius 2 is 2.08 bits per heavy atom. The molecule has 2 aliphatic rings. The molecule has 5 nitrogen and oxygen atoms in total. The van der Waals surface area contributed by atoms with Crippen molar-refractivity contribution < 1.29 is 13.9 Å². The molecule has 5 heteroatoms. The van der Waals surface area contributed by atoms with Crippen molar-refractivity contribution in [3.63, 3.8) is 0 Å². The van der Waals surface area contributed by atoms with Gasteiger partial charge in [-0.05, 0) is 70.8 Å². The predicted molar refractivity (Wildman–Crippen MR) is 102 cm³/mol. The first-order valence-corrected chi connectivity index (χ1v) is 9.73. The number of carbonyl (C=O) groups is 1. The number of hydrogen-bond acceptors (Lipinski definition) is 4. The molecule has 1 N–H and O–H groups in total. The van der Waals surface area contributed by atoms with Crippen LogP contribution in [-0.4, -0.2) is 43.1 Å². The van der Waals surface area contributed by atoms with Crippen molar-refractivity contribution in [2.24, 2.45) is 5.41 Å². The number of ether oxygens (including phenoxy) is 1. The molecule has 0 radical (unpaired) electrons. The van der Waals surface area contributed by atoms with Crippen LogP contribution in [0.15, 0.2) is 28.9 Å². The minimum absolute atomic E-state index is 0.0432. The molecule has 0 atom stereocenters. The van der Waals surface area contributed by atoms with Crippen molar-refractivity contribution in [3.05, 3.63) is 30.0 Å². The van der Waals surface area contributed by atoms with Gasteiger partial charge in [-0.3, -0.25) is 4.79 Å². The highest BCUT2D eigenvalue weighted by molar-refractivity contribution is 5.99. The van der Waals surface area contributed by atoms with Crippen molar-refractivity contribution in [1.29, 1.82) is 0 Å². The Bertz CT molecular complexity index is 786. The molecule has 1 saturated heterocycles. The highest BCUT2D eigenvalue weighted by Gasteiger charge is 2.44. The van der Waals surface area contributed by atoms with Gasteiger partial charge in [0.15, 0.2) is 0 Å². The fourth-order valence-electron chi connectivity index (χ4n) is 3.87. The molecule has 140 valence electrons. The summed E-state index contributed by atoms with van der Waals surface area (Å²) in [5, 5.41) is 4.06. The highest BCUT2D eigenvalue weighted by atomic mass is 16.5. The maximum absolute atomic E-state index is 12.7. The zero-order valence-corrected chi connectivity index (χ0v) is 15.7. The molecule has 1 aliphatic heterocycles. The second kappa shape index (κ2) is 6.95. The molecule has 1 aromatic heterocycles. The molecule has 1 aliphatic carbocycles. The number of carbonyl (C=O) groups excluding carboxylic acids is 1. The Balaban J connectivity index is 1.44. The van der Waals surface area contributed by atoms with Crippen molar-refractivity contribution >= 4 is 16.9 Å². The number of furan rings is 1. The summed E-state index contributed by atoms with van der Waals surface area (Å²) in [6, 6.07) is 5.51. The normalized spacial score (nSPS) is 19.2. The molecular formula is C21H28N2O3. The lowest BCUT2D eigenvalue weighted by Crippen LogP contribution is -2.37. The smallest absolute Gasteiger partial charge is 0.251 e. The van der Waals surface area contributed by atoms with E-state index >= 15 is 0 Å². The van der Waals surface area contributed by atoms with Crippen LogP contribution in [-0.2, 0) is 0 Å². The molecule has 1 aromatic carbocycles. The Morgan fingerprint density at radius 1 is 1.31 bits per heavy atom. The third-order valence-electron chi connectivity index (χ3n) is 5.50. The average Bonchev–Trinajstić information content (AvgIpc) is 3.00. The number of hydrogen-bond donors (Lipinski definition) is 1. The molecule has 0 bridgehead atoms. The van der Waals surface area contributed by atoms with Crippen molar-refractivity contribution in [2.75, 3.05) is 26.2 Å². The van der Waals surface area contributed by atoms with E-state index < -0.39 is 0 Å². The summed E-state index contributed by atoms with van der Waals surface area (Å²) in [4.78, 5) is 15.3. The van der Waals surface area contributed by atoms with E-state index in [4.69, 9.17) is 9.15 Å². The number of likely N-dealkylation sites (tertiary alicyclic amines) is 1. The molecule has 4 rings (SSSR count). The first-order valence-electron chi connectivity index (χ1n) is 9.73. The van der Waals surface area contributed by atoms with Gasteiger partial charge in [-0.15, -0.1) is 0 Å².